The topological polar surface area (TPSA) is 104 Å². The number of aromatic nitrogens is 4. The van der Waals surface area contributed by atoms with Gasteiger partial charge in [-0.1, -0.05) is 48.5 Å². The minimum absolute atomic E-state index is 0.160. The van der Waals surface area contributed by atoms with Gasteiger partial charge >= 0.3 is 0 Å². The molecule has 0 saturated carbocycles. The van der Waals surface area contributed by atoms with Crippen LogP contribution in [0.3, 0.4) is 0 Å². The van der Waals surface area contributed by atoms with E-state index in [4.69, 9.17) is 0 Å². The summed E-state index contributed by atoms with van der Waals surface area (Å²) in [6, 6.07) is 20.2. The largest absolute Gasteiger partial charge is 0.307 e. The Morgan fingerprint density at radius 1 is 0.964 bits per heavy atom. The lowest BCUT2D eigenvalue weighted by Gasteiger charge is -2.04. The standard InChI is InChI=1S/C20H18N6O2/c27-17-11-16(13-21-12-14-7-3-1-4-8-14)22-20-24-19(25-26(17)20)23-18(28)15-9-5-2-6-10-15/h1-11,21H,12-13H2,(H2,22,23,24,25,28). The molecule has 0 atom stereocenters. The van der Waals surface area contributed by atoms with Gasteiger partial charge in [0.2, 0.25) is 5.95 Å². The van der Waals surface area contributed by atoms with E-state index in [-0.39, 0.29) is 23.2 Å². The van der Waals surface area contributed by atoms with Crippen molar-refractivity contribution in [3.8, 4) is 0 Å². The number of hydrogen-bond acceptors (Lipinski definition) is 5. The van der Waals surface area contributed by atoms with E-state index < -0.39 is 0 Å². The van der Waals surface area contributed by atoms with Crippen molar-refractivity contribution in [3.05, 3.63) is 93.9 Å². The number of carbonyl (C=O) groups is 1. The van der Waals surface area contributed by atoms with Gasteiger partial charge in [-0.05, 0) is 17.7 Å². The summed E-state index contributed by atoms with van der Waals surface area (Å²) in [7, 11) is 0. The van der Waals surface area contributed by atoms with Crippen LogP contribution < -0.4 is 16.2 Å². The fourth-order valence-electron chi connectivity index (χ4n) is 2.77. The molecule has 0 fully saturated rings. The van der Waals surface area contributed by atoms with E-state index in [2.05, 4.69) is 25.7 Å². The summed E-state index contributed by atoms with van der Waals surface area (Å²) >= 11 is 0. The van der Waals surface area contributed by atoms with Crippen LogP contribution in [0.5, 0.6) is 0 Å². The maximum atomic E-state index is 12.3. The van der Waals surface area contributed by atoms with Crippen LogP contribution in [-0.2, 0) is 13.1 Å². The molecule has 0 radical (unpaired) electrons. The molecule has 2 aromatic carbocycles. The van der Waals surface area contributed by atoms with Crippen LogP contribution in [0.4, 0.5) is 5.95 Å². The molecule has 140 valence electrons. The number of fused-ring (bicyclic) bond motifs is 1. The van der Waals surface area contributed by atoms with Gasteiger partial charge in [0.25, 0.3) is 17.2 Å². The zero-order valence-electron chi connectivity index (χ0n) is 14.9. The molecule has 0 spiro atoms. The molecule has 0 aliphatic rings. The van der Waals surface area contributed by atoms with Gasteiger partial charge in [-0.3, -0.25) is 20.0 Å². The monoisotopic (exact) mass is 374 g/mol. The van der Waals surface area contributed by atoms with E-state index in [0.29, 0.717) is 24.3 Å². The average molecular weight is 374 g/mol. The van der Waals surface area contributed by atoms with Gasteiger partial charge in [-0.2, -0.15) is 9.50 Å². The molecule has 28 heavy (non-hydrogen) atoms. The second kappa shape index (κ2) is 7.85. The maximum absolute atomic E-state index is 12.3. The molecule has 3 N–H and O–H groups in total. The predicted molar refractivity (Wildman–Crippen MR) is 105 cm³/mol. The minimum atomic E-state index is -0.322. The Morgan fingerprint density at radius 2 is 1.68 bits per heavy atom. The molecule has 1 amide bonds. The van der Waals surface area contributed by atoms with Crippen LogP contribution in [0.1, 0.15) is 21.6 Å². The number of nitrogens with zero attached hydrogens (tertiary/aromatic N) is 3. The Kier molecular flexibility index (Phi) is 4.94. The Balaban J connectivity index is 1.47. The zero-order chi connectivity index (χ0) is 19.3. The van der Waals surface area contributed by atoms with Crippen molar-refractivity contribution in [2.75, 3.05) is 5.32 Å². The predicted octanol–water partition coefficient (Wildman–Crippen LogP) is 1.96. The minimum Gasteiger partial charge on any atom is -0.307 e. The molecule has 0 unspecified atom stereocenters. The third-order valence-electron chi connectivity index (χ3n) is 4.13. The Bertz CT molecular complexity index is 1150. The van der Waals surface area contributed by atoms with Gasteiger partial charge in [0, 0.05) is 24.7 Å². The van der Waals surface area contributed by atoms with Gasteiger partial charge in [-0.15, -0.1) is 0 Å². The SMILES string of the molecule is O=C(Nc1nc2nc(CNCc3ccccc3)cc(=O)n2[nH]1)c1ccccc1. The Morgan fingerprint density at radius 3 is 2.43 bits per heavy atom. The molecule has 8 heteroatoms. The summed E-state index contributed by atoms with van der Waals surface area (Å²) in [6.07, 6.45) is 0. The fourth-order valence-corrected chi connectivity index (χ4v) is 2.77. The molecule has 8 nitrogen and oxygen atoms in total. The first-order valence-corrected chi connectivity index (χ1v) is 8.79. The molecule has 4 aromatic rings. The first-order valence-electron chi connectivity index (χ1n) is 8.79. The fraction of sp³-hybridized carbons (Fsp3) is 0.100. The third kappa shape index (κ3) is 3.97. The number of H-pyrrole nitrogens is 1. The van der Waals surface area contributed by atoms with E-state index in [1.807, 2.05) is 36.4 Å². The number of carbonyl (C=O) groups excluding carboxylic acids is 1. The van der Waals surface area contributed by atoms with Crippen LogP contribution in [0.2, 0.25) is 0 Å². The van der Waals surface area contributed by atoms with Crippen LogP contribution in [0, 0.1) is 0 Å². The van der Waals surface area contributed by atoms with Crippen molar-refractivity contribution in [3.63, 3.8) is 0 Å². The molecular weight excluding hydrogens is 356 g/mol. The lowest BCUT2D eigenvalue weighted by Crippen LogP contribution is -2.20. The van der Waals surface area contributed by atoms with Gasteiger partial charge < -0.3 is 5.32 Å². The highest BCUT2D eigenvalue weighted by Crippen LogP contribution is 2.06. The number of aromatic amines is 1. The molecule has 2 heterocycles. The number of hydrogen-bond donors (Lipinski definition) is 3. The average Bonchev–Trinajstić information content (AvgIpc) is 3.12. The van der Waals surface area contributed by atoms with Crippen molar-refractivity contribution in [1.82, 2.24) is 24.9 Å². The van der Waals surface area contributed by atoms with Gasteiger partial charge in [0.05, 0.1) is 5.69 Å². The Labute approximate surface area is 160 Å². The molecule has 0 bridgehead atoms. The van der Waals surface area contributed by atoms with Gasteiger partial charge in [0.15, 0.2) is 0 Å². The first kappa shape index (κ1) is 17.6. The van der Waals surface area contributed by atoms with Crippen molar-refractivity contribution < 1.29 is 4.79 Å². The lowest BCUT2D eigenvalue weighted by molar-refractivity contribution is 0.102. The highest BCUT2D eigenvalue weighted by molar-refractivity contribution is 6.03. The number of anilines is 1. The molecule has 0 aliphatic carbocycles. The third-order valence-corrected chi connectivity index (χ3v) is 4.13. The second-order valence-electron chi connectivity index (χ2n) is 6.20. The summed E-state index contributed by atoms with van der Waals surface area (Å²) in [5.41, 5.74) is 1.92. The summed E-state index contributed by atoms with van der Waals surface area (Å²) in [4.78, 5) is 33.1. The van der Waals surface area contributed by atoms with E-state index in [9.17, 15) is 9.59 Å². The molecule has 2 aromatic heterocycles. The number of amides is 1. The number of rotatable bonds is 6. The van der Waals surface area contributed by atoms with Crippen LogP contribution >= 0.6 is 0 Å². The van der Waals surface area contributed by atoms with E-state index in [1.54, 1.807) is 24.3 Å². The van der Waals surface area contributed by atoms with Crippen LogP contribution in [-0.4, -0.2) is 25.5 Å². The van der Waals surface area contributed by atoms with Crippen LogP contribution in [0.25, 0.3) is 5.78 Å². The van der Waals surface area contributed by atoms with Crippen molar-refractivity contribution >= 4 is 17.6 Å². The summed E-state index contributed by atoms with van der Waals surface area (Å²) in [6.45, 7) is 1.10. The summed E-state index contributed by atoms with van der Waals surface area (Å²) in [5, 5.41) is 8.64. The molecule has 0 aliphatic heterocycles. The maximum Gasteiger partial charge on any atom is 0.274 e. The quantitative estimate of drug-likeness (QED) is 0.479. The van der Waals surface area contributed by atoms with Crippen molar-refractivity contribution in [2.45, 2.75) is 13.1 Å². The Hall–Kier alpha value is -3.78. The highest BCUT2D eigenvalue weighted by Gasteiger charge is 2.11. The van der Waals surface area contributed by atoms with E-state index in [1.165, 1.54) is 10.6 Å². The second-order valence-corrected chi connectivity index (χ2v) is 6.20. The smallest absolute Gasteiger partial charge is 0.274 e. The highest BCUT2D eigenvalue weighted by atomic mass is 16.2. The van der Waals surface area contributed by atoms with Crippen LogP contribution in [0.15, 0.2) is 71.5 Å². The first-order chi connectivity index (χ1) is 13.7. The summed E-state index contributed by atoms with van der Waals surface area (Å²) < 4.78 is 1.20. The lowest BCUT2D eigenvalue weighted by atomic mass is 10.2. The molecule has 0 saturated heterocycles. The number of nitrogens with one attached hydrogen (secondary N) is 3. The van der Waals surface area contributed by atoms with Crippen molar-refractivity contribution in [1.29, 1.82) is 0 Å². The zero-order valence-corrected chi connectivity index (χ0v) is 14.9. The number of benzene rings is 2. The van der Waals surface area contributed by atoms with Gasteiger partial charge in [-0.25, -0.2) is 4.98 Å². The van der Waals surface area contributed by atoms with E-state index in [0.717, 1.165) is 5.56 Å². The molecular formula is C20H18N6O2. The normalized spacial score (nSPS) is 10.9. The van der Waals surface area contributed by atoms with Gasteiger partial charge in [0.1, 0.15) is 0 Å². The van der Waals surface area contributed by atoms with E-state index >= 15 is 0 Å². The molecule has 4 rings (SSSR count). The van der Waals surface area contributed by atoms with Crippen molar-refractivity contribution in [2.24, 2.45) is 0 Å². The summed E-state index contributed by atoms with van der Waals surface area (Å²) in [5.74, 6) is 0.0395.